The Bertz CT molecular complexity index is 845. The molecule has 6 heteroatoms. The van der Waals surface area contributed by atoms with E-state index in [2.05, 4.69) is 5.32 Å². The van der Waals surface area contributed by atoms with Gasteiger partial charge in [0, 0.05) is 22.2 Å². The lowest BCUT2D eigenvalue weighted by Crippen LogP contribution is -2.18. The first-order chi connectivity index (χ1) is 10.0. The van der Waals surface area contributed by atoms with Gasteiger partial charge in [-0.3, -0.25) is 0 Å². The minimum Gasteiger partial charge on any atom is -0.494 e. The molecule has 3 rings (SSSR count). The van der Waals surface area contributed by atoms with Crippen LogP contribution in [0.5, 0.6) is 5.88 Å². The van der Waals surface area contributed by atoms with Gasteiger partial charge in [-0.2, -0.15) is 0 Å². The third kappa shape index (κ3) is 2.55. The van der Waals surface area contributed by atoms with E-state index in [1.54, 1.807) is 24.3 Å². The molecule has 1 heterocycles. The number of halogens is 2. The number of aromatic nitrogens is 1. The molecule has 4 nitrogen and oxygen atoms in total. The van der Waals surface area contributed by atoms with Crippen LogP contribution in [-0.4, -0.2) is 15.7 Å². The second-order valence-electron chi connectivity index (χ2n) is 4.48. The number of carbonyl (C=O) groups excluding carboxylic acids is 1. The highest BCUT2D eigenvalue weighted by Crippen LogP contribution is 2.27. The van der Waals surface area contributed by atoms with Gasteiger partial charge in [-0.05, 0) is 36.4 Å². The SMILES string of the molecule is O=C(Nc1cccc(F)c1)n1c(O)cc2cc(Cl)ccc21. The van der Waals surface area contributed by atoms with Gasteiger partial charge >= 0.3 is 6.03 Å². The molecule has 3 aromatic rings. The second kappa shape index (κ2) is 5.10. The molecule has 0 radical (unpaired) electrons. The molecule has 0 atom stereocenters. The second-order valence-corrected chi connectivity index (χ2v) is 4.92. The maximum atomic E-state index is 13.1. The standard InChI is InChI=1S/C15H10ClFN2O2/c16-10-4-5-13-9(6-10)7-14(20)19(13)15(21)18-12-3-1-2-11(17)8-12/h1-8,20H,(H,18,21). The van der Waals surface area contributed by atoms with E-state index in [0.29, 0.717) is 21.6 Å². The Balaban J connectivity index is 2.00. The molecule has 2 N–H and O–H groups in total. The number of amides is 1. The average molecular weight is 305 g/mol. The van der Waals surface area contributed by atoms with Crippen molar-refractivity contribution in [2.45, 2.75) is 0 Å². The number of anilines is 1. The highest BCUT2D eigenvalue weighted by molar-refractivity contribution is 6.31. The summed E-state index contributed by atoms with van der Waals surface area (Å²) in [6.07, 6.45) is 0. The summed E-state index contributed by atoms with van der Waals surface area (Å²) >= 11 is 5.87. The van der Waals surface area contributed by atoms with Crippen molar-refractivity contribution in [2.75, 3.05) is 5.32 Å². The zero-order valence-electron chi connectivity index (χ0n) is 10.7. The number of aromatic hydroxyl groups is 1. The zero-order valence-corrected chi connectivity index (χ0v) is 11.4. The Labute approximate surface area is 124 Å². The largest absolute Gasteiger partial charge is 0.494 e. The fraction of sp³-hybridized carbons (Fsp3) is 0. The summed E-state index contributed by atoms with van der Waals surface area (Å²) in [7, 11) is 0. The van der Waals surface area contributed by atoms with E-state index < -0.39 is 11.8 Å². The Kier molecular flexibility index (Phi) is 3.27. The Morgan fingerprint density at radius 1 is 1.19 bits per heavy atom. The fourth-order valence-electron chi connectivity index (χ4n) is 2.13. The summed E-state index contributed by atoms with van der Waals surface area (Å²) in [5.74, 6) is -0.678. The number of nitrogens with zero attached hydrogens (tertiary/aromatic N) is 1. The maximum absolute atomic E-state index is 13.1. The Morgan fingerprint density at radius 3 is 2.76 bits per heavy atom. The molecule has 0 aliphatic carbocycles. The lowest BCUT2D eigenvalue weighted by molar-refractivity contribution is 0.251. The Morgan fingerprint density at radius 2 is 2.00 bits per heavy atom. The monoisotopic (exact) mass is 304 g/mol. The molecular weight excluding hydrogens is 295 g/mol. The molecule has 0 unspecified atom stereocenters. The van der Waals surface area contributed by atoms with Gasteiger partial charge in [0.2, 0.25) is 0 Å². The van der Waals surface area contributed by atoms with Crippen LogP contribution in [0.3, 0.4) is 0 Å². The summed E-state index contributed by atoms with van der Waals surface area (Å²) in [6, 6.07) is 11.2. The highest BCUT2D eigenvalue weighted by Gasteiger charge is 2.15. The van der Waals surface area contributed by atoms with E-state index in [9.17, 15) is 14.3 Å². The van der Waals surface area contributed by atoms with E-state index in [-0.39, 0.29) is 5.88 Å². The molecule has 106 valence electrons. The molecular formula is C15H10ClFN2O2. The van der Waals surface area contributed by atoms with Crippen LogP contribution < -0.4 is 5.32 Å². The van der Waals surface area contributed by atoms with Gasteiger partial charge in [0.25, 0.3) is 0 Å². The average Bonchev–Trinajstić information content (AvgIpc) is 2.73. The number of nitrogens with one attached hydrogen (secondary N) is 1. The van der Waals surface area contributed by atoms with Crippen LogP contribution in [0.1, 0.15) is 0 Å². The molecule has 21 heavy (non-hydrogen) atoms. The van der Waals surface area contributed by atoms with E-state index >= 15 is 0 Å². The zero-order chi connectivity index (χ0) is 15.0. The molecule has 2 aromatic carbocycles. The molecule has 1 aromatic heterocycles. The van der Waals surface area contributed by atoms with Crippen LogP contribution >= 0.6 is 11.6 Å². The normalized spacial score (nSPS) is 10.8. The molecule has 0 aliphatic heterocycles. The van der Waals surface area contributed by atoms with Gasteiger partial charge < -0.3 is 10.4 Å². The van der Waals surface area contributed by atoms with Crippen molar-refractivity contribution >= 4 is 34.2 Å². The van der Waals surface area contributed by atoms with E-state index in [1.165, 1.54) is 24.3 Å². The predicted octanol–water partition coefficient (Wildman–Crippen LogP) is 4.22. The maximum Gasteiger partial charge on any atom is 0.333 e. The number of benzene rings is 2. The molecule has 0 saturated carbocycles. The summed E-state index contributed by atoms with van der Waals surface area (Å²) in [4.78, 5) is 12.2. The molecule has 0 aliphatic rings. The summed E-state index contributed by atoms with van der Waals surface area (Å²) in [5, 5.41) is 13.6. The highest BCUT2D eigenvalue weighted by atomic mass is 35.5. The van der Waals surface area contributed by atoms with Crippen LogP contribution in [-0.2, 0) is 0 Å². The first kappa shape index (κ1) is 13.5. The van der Waals surface area contributed by atoms with Crippen LogP contribution in [0.2, 0.25) is 5.02 Å². The quantitative estimate of drug-likeness (QED) is 0.707. The van der Waals surface area contributed by atoms with E-state index in [4.69, 9.17) is 11.6 Å². The van der Waals surface area contributed by atoms with Crippen molar-refractivity contribution in [3.05, 3.63) is 59.4 Å². The number of rotatable bonds is 1. The lowest BCUT2D eigenvalue weighted by Gasteiger charge is -2.08. The number of hydrogen-bond donors (Lipinski definition) is 2. The molecule has 0 spiro atoms. The number of carbonyl (C=O) groups is 1. The van der Waals surface area contributed by atoms with Gasteiger partial charge in [0.1, 0.15) is 5.82 Å². The first-order valence-electron chi connectivity index (χ1n) is 6.11. The lowest BCUT2D eigenvalue weighted by atomic mass is 10.2. The van der Waals surface area contributed by atoms with Crippen molar-refractivity contribution in [3.63, 3.8) is 0 Å². The predicted molar refractivity (Wildman–Crippen MR) is 79.4 cm³/mol. The minimum atomic E-state index is -0.588. The van der Waals surface area contributed by atoms with Crippen molar-refractivity contribution in [1.82, 2.24) is 4.57 Å². The Hall–Kier alpha value is -2.53. The van der Waals surface area contributed by atoms with Crippen molar-refractivity contribution < 1.29 is 14.3 Å². The fourth-order valence-corrected chi connectivity index (χ4v) is 2.31. The third-order valence-corrected chi connectivity index (χ3v) is 3.26. The number of hydrogen-bond acceptors (Lipinski definition) is 2. The summed E-state index contributed by atoms with van der Waals surface area (Å²) in [5.41, 5.74) is 0.806. The molecule has 0 bridgehead atoms. The van der Waals surface area contributed by atoms with Gasteiger partial charge in [-0.25, -0.2) is 13.8 Å². The topological polar surface area (TPSA) is 54.3 Å². The van der Waals surface area contributed by atoms with E-state index in [1.807, 2.05) is 0 Å². The van der Waals surface area contributed by atoms with Gasteiger partial charge in [0.15, 0.2) is 5.88 Å². The van der Waals surface area contributed by atoms with Gasteiger partial charge in [-0.1, -0.05) is 17.7 Å². The smallest absolute Gasteiger partial charge is 0.333 e. The third-order valence-electron chi connectivity index (χ3n) is 3.02. The molecule has 0 fully saturated rings. The van der Waals surface area contributed by atoms with Crippen LogP contribution in [0.25, 0.3) is 10.9 Å². The summed E-state index contributed by atoms with van der Waals surface area (Å²) in [6.45, 7) is 0. The molecule has 1 amide bonds. The van der Waals surface area contributed by atoms with Crippen LogP contribution in [0.4, 0.5) is 14.9 Å². The first-order valence-corrected chi connectivity index (χ1v) is 6.49. The minimum absolute atomic E-state index is 0.221. The van der Waals surface area contributed by atoms with Gasteiger partial charge in [0.05, 0.1) is 5.52 Å². The van der Waals surface area contributed by atoms with Crippen molar-refractivity contribution in [3.8, 4) is 5.88 Å². The van der Waals surface area contributed by atoms with Crippen LogP contribution in [0, 0.1) is 5.82 Å². The van der Waals surface area contributed by atoms with Gasteiger partial charge in [-0.15, -0.1) is 0 Å². The van der Waals surface area contributed by atoms with Crippen molar-refractivity contribution in [2.24, 2.45) is 0 Å². The van der Waals surface area contributed by atoms with E-state index in [0.717, 1.165) is 4.57 Å². The molecule has 0 saturated heterocycles. The summed E-state index contributed by atoms with van der Waals surface area (Å²) < 4.78 is 14.2. The number of fused-ring (bicyclic) bond motifs is 1. The van der Waals surface area contributed by atoms with Crippen LogP contribution in [0.15, 0.2) is 48.5 Å². The van der Waals surface area contributed by atoms with Crippen molar-refractivity contribution in [1.29, 1.82) is 0 Å².